The van der Waals surface area contributed by atoms with Crippen molar-refractivity contribution in [3.63, 3.8) is 0 Å². The van der Waals surface area contributed by atoms with E-state index in [0.29, 0.717) is 36.6 Å². The highest BCUT2D eigenvalue weighted by Gasteiger charge is 2.27. The van der Waals surface area contributed by atoms with E-state index in [1.807, 2.05) is 4.90 Å². The van der Waals surface area contributed by atoms with E-state index >= 15 is 0 Å². The quantitative estimate of drug-likeness (QED) is 0.757. The van der Waals surface area contributed by atoms with Gasteiger partial charge in [0.25, 0.3) is 0 Å². The Morgan fingerprint density at radius 2 is 1.92 bits per heavy atom. The summed E-state index contributed by atoms with van der Waals surface area (Å²) in [7, 11) is 2.98. The summed E-state index contributed by atoms with van der Waals surface area (Å²) in [6.07, 6.45) is 1.35. The third-order valence-electron chi connectivity index (χ3n) is 4.44. The van der Waals surface area contributed by atoms with Gasteiger partial charge in [0.05, 0.1) is 36.8 Å². The fourth-order valence-corrected chi connectivity index (χ4v) is 3.04. The molecule has 0 spiro atoms. The van der Waals surface area contributed by atoms with Gasteiger partial charge >= 0.3 is 5.97 Å². The standard InChI is InChI=1S/C18H24ClN3O4/c1-21(11-16(23)20-15-6-4-3-5-14(15)19)17(24)12-22-9-7-13(8-10-22)18(25)26-2/h3-6,13H,7-12H2,1-2H3,(H,20,23). The second kappa shape index (κ2) is 9.54. The number of amides is 2. The summed E-state index contributed by atoms with van der Waals surface area (Å²) in [5.74, 6) is -0.732. The molecule has 1 aliphatic rings. The van der Waals surface area contributed by atoms with Gasteiger partial charge < -0.3 is 15.0 Å². The van der Waals surface area contributed by atoms with Crippen LogP contribution in [0.15, 0.2) is 24.3 Å². The molecule has 0 aromatic heterocycles. The van der Waals surface area contributed by atoms with Gasteiger partial charge in [-0.3, -0.25) is 19.3 Å². The van der Waals surface area contributed by atoms with Crippen LogP contribution in [0.25, 0.3) is 0 Å². The molecule has 1 aromatic carbocycles. The Kier molecular flexibility index (Phi) is 7.41. The maximum atomic E-state index is 12.3. The summed E-state index contributed by atoms with van der Waals surface area (Å²) in [4.78, 5) is 39.3. The van der Waals surface area contributed by atoms with Crippen molar-refractivity contribution in [3.05, 3.63) is 29.3 Å². The second-order valence-electron chi connectivity index (χ2n) is 6.35. The van der Waals surface area contributed by atoms with Crippen LogP contribution in [-0.2, 0) is 19.1 Å². The lowest BCUT2D eigenvalue weighted by Crippen LogP contribution is -2.45. The van der Waals surface area contributed by atoms with E-state index in [9.17, 15) is 14.4 Å². The molecule has 1 heterocycles. The number of benzene rings is 1. The highest BCUT2D eigenvalue weighted by molar-refractivity contribution is 6.33. The van der Waals surface area contributed by atoms with Crippen LogP contribution in [-0.4, -0.2) is 67.9 Å². The van der Waals surface area contributed by atoms with E-state index in [4.69, 9.17) is 16.3 Å². The predicted molar refractivity (Wildman–Crippen MR) is 98.9 cm³/mol. The summed E-state index contributed by atoms with van der Waals surface area (Å²) in [6, 6.07) is 6.93. The monoisotopic (exact) mass is 381 g/mol. The molecule has 1 aliphatic heterocycles. The first kappa shape index (κ1) is 20.2. The number of para-hydroxylation sites is 1. The molecule has 0 bridgehead atoms. The molecule has 1 aromatic rings. The van der Waals surface area contributed by atoms with Crippen molar-refractivity contribution in [2.45, 2.75) is 12.8 Å². The largest absolute Gasteiger partial charge is 0.469 e. The molecule has 0 aliphatic carbocycles. The van der Waals surface area contributed by atoms with Crippen LogP contribution in [0, 0.1) is 5.92 Å². The Labute approximate surface area is 158 Å². The fourth-order valence-electron chi connectivity index (χ4n) is 2.86. The van der Waals surface area contributed by atoms with Gasteiger partial charge in [-0.1, -0.05) is 23.7 Å². The number of anilines is 1. The number of carbonyl (C=O) groups is 3. The second-order valence-corrected chi connectivity index (χ2v) is 6.76. The number of halogens is 1. The van der Waals surface area contributed by atoms with Gasteiger partial charge in [0.2, 0.25) is 11.8 Å². The molecule has 26 heavy (non-hydrogen) atoms. The topological polar surface area (TPSA) is 79.0 Å². The van der Waals surface area contributed by atoms with E-state index in [1.165, 1.54) is 12.0 Å². The van der Waals surface area contributed by atoms with Crippen LogP contribution < -0.4 is 5.32 Å². The first-order valence-corrected chi connectivity index (χ1v) is 8.87. The molecule has 7 nitrogen and oxygen atoms in total. The van der Waals surface area contributed by atoms with E-state index < -0.39 is 0 Å². The summed E-state index contributed by atoms with van der Waals surface area (Å²) >= 11 is 6.01. The zero-order valence-corrected chi connectivity index (χ0v) is 15.8. The molecule has 0 saturated carbocycles. The number of piperidine rings is 1. The van der Waals surface area contributed by atoms with Gasteiger partial charge in [0.15, 0.2) is 0 Å². The zero-order valence-electron chi connectivity index (χ0n) is 15.0. The molecular weight excluding hydrogens is 358 g/mol. The molecule has 2 rings (SSSR count). The minimum atomic E-state index is -0.307. The number of hydrogen-bond donors (Lipinski definition) is 1. The van der Waals surface area contributed by atoms with Crippen LogP contribution >= 0.6 is 11.6 Å². The third-order valence-corrected chi connectivity index (χ3v) is 4.77. The maximum Gasteiger partial charge on any atom is 0.308 e. The average Bonchev–Trinajstić information content (AvgIpc) is 2.63. The number of carbonyl (C=O) groups excluding carboxylic acids is 3. The minimum Gasteiger partial charge on any atom is -0.469 e. The summed E-state index contributed by atoms with van der Waals surface area (Å²) in [5, 5.41) is 3.14. The fraction of sp³-hybridized carbons (Fsp3) is 0.500. The first-order valence-electron chi connectivity index (χ1n) is 8.49. The number of nitrogens with one attached hydrogen (secondary N) is 1. The van der Waals surface area contributed by atoms with Crippen LogP contribution in [0.4, 0.5) is 5.69 Å². The van der Waals surface area contributed by atoms with Gasteiger partial charge in [0, 0.05) is 7.05 Å². The number of esters is 1. The van der Waals surface area contributed by atoms with Gasteiger partial charge in [0.1, 0.15) is 0 Å². The van der Waals surface area contributed by atoms with E-state index in [1.54, 1.807) is 31.3 Å². The van der Waals surface area contributed by atoms with Gasteiger partial charge in [-0.25, -0.2) is 0 Å². The minimum absolute atomic E-state index is 0.0529. The molecule has 0 radical (unpaired) electrons. The lowest BCUT2D eigenvalue weighted by Gasteiger charge is -2.31. The molecule has 1 saturated heterocycles. The number of likely N-dealkylation sites (N-methyl/N-ethyl adjacent to an activating group) is 1. The summed E-state index contributed by atoms with van der Waals surface area (Å²) < 4.78 is 4.76. The molecule has 0 atom stereocenters. The van der Waals surface area contributed by atoms with E-state index in [2.05, 4.69) is 5.32 Å². The van der Waals surface area contributed by atoms with Crippen LogP contribution in [0.1, 0.15) is 12.8 Å². The number of ether oxygens (including phenoxy) is 1. The number of nitrogens with zero attached hydrogens (tertiary/aromatic N) is 2. The first-order chi connectivity index (χ1) is 12.4. The van der Waals surface area contributed by atoms with Crippen molar-refractivity contribution in [1.82, 2.24) is 9.80 Å². The number of methoxy groups -OCH3 is 1. The Balaban J connectivity index is 1.76. The van der Waals surface area contributed by atoms with Gasteiger partial charge in [-0.2, -0.15) is 0 Å². The van der Waals surface area contributed by atoms with Crippen LogP contribution in [0.2, 0.25) is 5.02 Å². The van der Waals surface area contributed by atoms with Crippen molar-refractivity contribution in [1.29, 1.82) is 0 Å². The van der Waals surface area contributed by atoms with Gasteiger partial charge in [-0.05, 0) is 38.1 Å². The van der Waals surface area contributed by atoms with E-state index in [0.717, 1.165) is 0 Å². The molecular formula is C18H24ClN3O4. The molecule has 8 heteroatoms. The Hall–Kier alpha value is -2.12. The number of rotatable bonds is 6. The van der Waals surface area contributed by atoms with Crippen LogP contribution in [0.5, 0.6) is 0 Å². The molecule has 1 N–H and O–H groups in total. The molecule has 142 valence electrons. The Morgan fingerprint density at radius 1 is 1.27 bits per heavy atom. The SMILES string of the molecule is COC(=O)C1CCN(CC(=O)N(C)CC(=O)Nc2ccccc2Cl)CC1. The molecule has 2 amide bonds. The Bertz CT molecular complexity index is 660. The van der Waals surface area contributed by atoms with Crippen molar-refractivity contribution in [3.8, 4) is 0 Å². The van der Waals surface area contributed by atoms with Crippen molar-refractivity contribution in [2.75, 3.05) is 45.7 Å². The molecule has 0 unspecified atom stereocenters. The van der Waals surface area contributed by atoms with Crippen molar-refractivity contribution >= 4 is 35.1 Å². The summed E-state index contributed by atoms with van der Waals surface area (Å²) in [6.45, 7) is 1.49. The molecule has 1 fully saturated rings. The van der Waals surface area contributed by atoms with Crippen molar-refractivity contribution < 1.29 is 19.1 Å². The Morgan fingerprint density at radius 3 is 2.54 bits per heavy atom. The lowest BCUT2D eigenvalue weighted by atomic mass is 9.97. The van der Waals surface area contributed by atoms with Gasteiger partial charge in [-0.15, -0.1) is 0 Å². The zero-order chi connectivity index (χ0) is 19.1. The van der Waals surface area contributed by atoms with E-state index in [-0.39, 0.29) is 36.8 Å². The van der Waals surface area contributed by atoms with Crippen molar-refractivity contribution in [2.24, 2.45) is 5.92 Å². The maximum absolute atomic E-state index is 12.3. The lowest BCUT2D eigenvalue weighted by molar-refractivity contribution is -0.147. The predicted octanol–water partition coefficient (Wildman–Crippen LogP) is 1.62. The third kappa shape index (κ3) is 5.71. The summed E-state index contributed by atoms with van der Waals surface area (Å²) in [5.41, 5.74) is 0.518. The highest BCUT2D eigenvalue weighted by Crippen LogP contribution is 2.20. The number of likely N-dealkylation sites (tertiary alicyclic amines) is 1. The van der Waals surface area contributed by atoms with Crippen LogP contribution in [0.3, 0.4) is 0 Å². The highest BCUT2D eigenvalue weighted by atomic mass is 35.5. The smallest absolute Gasteiger partial charge is 0.308 e. The average molecular weight is 382 g/mol. The number of hydrogen-bond acceptors (Lipinski definition) is 5. The normalized spacial score (nSPS) is 15.3.